The van der Waals surface area contributed by atoms with Gasteiger partial charge in [-0.3, -0.25) is 4.90 Å². The zero-order valence-corrected chi connectivity index (χ0v) is 18.9. The summed E-state index contributed by atoms with van der Waals surface area (Å²) in [5.41, 5.74) is 5.77. The Morgan fingerprint density at radius 2 is 1.61 bits per heavy atom. The average molecular weight is 438 g/mol. The molecule has 1 N–H and O–H groups in total. The number of nitrogens with zero attached hydrogens (tertiary/aromatic N) is 1. The van der Waals surface area contributed by atoms with Crippen LogP contribution < -0.4 is 0 Å². The summed E-state index contributed by atoms with van der Waals surface area (Å²) in [6.07, 6.45) is 6.74. The van der Waals surface area contributed by atoms with Gasteiger partial charge >= 0.3 is 0 Å². The standard InChI is InChI=1S/C30H31NO2/c32-29(25-11-5-2-6-12-25)27(23-9-3-1-4-10-23)17-21-31-19-8-14-24(16-20-31)28-15-7-13-26-18-22-33-30(26)28/h1-7,9-13,15-16,18,22,27,29,32H,8,14,17,19-21H2. The van der Waals surface area contributed by atoms with Crippen molar-refractivity contribution in [3.05, 3.63) is 114 Å². The molecule has 0 saturated carbocycles. The van der Waals surface area contributed by atoms with Crippen LogP contribution in [0.4, 0.5) is 0 Å². The summed E-state index contributed by atoms with van der Waals surface area (Å²) in [6.45, 7) is 2.95. The smallest absolute Gasteiger partial charge is 0.141 e. The van der Waals surface area contributed by atoms with E-state index in [9.17, 15) is 5.11 Å². The fourth-order valence-electron chi connectivity index (χ4n) is 5.03. The van der Waals surface area contributed by atoms with Gasteiger partial charge in [0, 0.05) is 23.4 Å². The minimum absolute atomic E-state index is 0.0668. The number of furan rings is 1. The topological polar surface area (TPSA) is 36.6 Å². The van der Waals surface area contributed by atoms with E-state index in [0.29, 0.717) is 0 Å². The van der Waals surface area contributed by atoms with Crippen LogP contribution in [-0.2, 0) is 0 Å². The van der Waals surface area contributed by atoms with Crippen LogP contribution in [0.25, 0.3) is 16.5 Å². The molecule has 1 aliphatic heterocycles. The first kappa shape index (κ1) is 21.7. The quantitative estimate of drug-likeness (QED) is 0.345. The van der Waals surface area contributed by atoms with E-state index in [0.717, 1.165) is 55.4 Å². The highest BCUT2D eigenvalue weighted by Gasteiger charge is 2.24. The van der Waals surface area contributed by atoms with Gasteiger partial charge in [0.2, 0.25) is 0 Å². The molecule has 3 nitrogen and oxygen atoms in total. The van der Waals surface area contributed by atoms with Gasteiger partial charge in [-0.05, 0) is 55.1 Å². The minimum Gasteiger partial charge on any atom is -0.464 e. The fourth-order valence-corrected chi connectivity index (χ4v) is 5.03. The van der Waals surface area contributed by atoms with E-state index in [1.54, 1.807) is 6.26 Å². The molecule has 0 fully saturated rings. The number of benzene rings is 3. The molecule has 1 aromatic heterocycles. The van der Waals surface area contributed by atoms with Crippen molar-refractivity contribution >= 4 is 16.5 Å². The van der Waals surface area contributed by atoms with Gasteiger partial charge in [0.25, 0.3) is 0 Å². The molecule has 2 heterocycles. The van der Waals surface area contributed by atoms with Crippen LogP contribution in [0.5, 0.6) is 0 Å². The first-order valence-corrected chi connectivity index (χ1v) is 12.0. The maximum Gasteiger partial charge on any atom is 0.141 e. The van der Waals surface area contributed by atoms with Crippen molar-refractivity contribution in [2.75, 3.05) is 19.6 Å². The monoisotopic (exact) mass is 437 g/mol. The zero-order chi connectivity index (χ0) is 22.5. The summed E-state index contributed by atoms with van der Waals surface area (Å²) in [5.74, 6) is 0.0668. The first-order chi connectivity index (χ1) is 16.3. The summed E-state index contributed by atoms with van der Waals surface area (Å²) in [4.78, 5) is 2.52. The molecule has 2 unspecified atom stereocenters. The average Bonchev–Trinajstić information content (AvgIpc) is 3.24. The highest BCUT2D eigenvalue weighted by Crippen LogP contribution is 2.35. The molecule has 3 aromatic carbocycles. The Morgan fingerprint density at radius 3 is 2.39 bits per heavy atom. The van der Waals surface area contributed by atoms with E-state index in [1.807, 2.05) is 42.5 Å². The Balaban J connectivity index is 1.31. The van der Waals surface area contributed by atoms with Gasteiger partial charge in [-0.15, -0.1) is 0 Å². The third-order valence-corrected chi connectivity index (χ3v) is 6.85. The van der Waals surface area contributed by atoms with Crippen molar-refractivity contribution < 1.29 is 9.52 Å². The van der Waals surface area contributed by atoms with Crippen LogP contribution in [0.3, 0.4) is 0 Å². The van der Waals surface area contributed by atoms with Gasteiger partial charge in [-0.2, -0.15) is 0 Å². The molecule has 0 spiro atoms. The molecular formula is C30H31NO2. The summed E-state index contributed by atoms with van der Waals surface area (Å²) >= 11 is 0. The van der Waals surface area contributed by atoms with E-state index in [2.05, 4.69) is 53.4 Å². The molecule has 0 radical (unpaired) electrons. The molecule has 168 valence electrons. The van der Waals surface area contributed by atoms with Gasteiger partial charge in [0.15, 0.2) is 0 Å². The molecule has 0 aliphatic carbocycles. The van der Waals surface area contributed by atoms with Gasteiger partial charge in [0.1, 0.15) is 5.58 Å². The molecule has 1 aliphatic rings. The lowest BCUT2D eigenvalue weighted by molar-refractivity contribution is 0.132. The number of fused-ring (bicyclic) bond motifs is 1. The number of hydrogen-bond acceptors (Lipinski definition) is 3. The number of aliphatic hydroxyl groups is 1. The van der Waals surface area contributed by atoms with E-state index in [-0.39, 0.29) is 5.92 Å². The van der Waals surface area contributed by atoms with Crippen molar-refractivity contribution in [1.82, 2.24) is 4.90 Å². The summed E-state index contributed by atoms with van der Waals surface area (Å²) < 4.78 is 5.78. The van der Waals surface area contributed by atoms with E-state index in [4.69, 9.17) is 4.42 Å². The van der Waals surface area contributed by atoms with Gasteiger partial charge < -0.3 is 9.52 Å². The number of para-hydroxylation sites is 1. The highest BCUT2D eigenvalue weighted by atomic mass is 16.3. The molecule has 33 heavy (non-hydrogen) atoms. The number of hydrogen-bond donors (Lipinski definition) is 1. The third kappa shape index (κ3) is 4.95. The Morgan fingerprint density at radius 1 is 0.848 bits per heavy atom. The van der Waals surface area contributed by atoms with Gasteiger partial charge in [0.05, 0.1) is 12.4 Å². The number of aliphatic hydroxyl groups excluding tert-OH is 1. The summed E-state index contributed by atoms with van der Waals surface area (Å²) in [7, 11) is 0. The zero-order valence-electron chi connectivity index (χ0n) is 18.9. The van der Waals surface area contributed by atoms with Crippen LogP contribution in [0, 0.1) is 0 Å². The second-order valence-electron chi connectivity index (χ2n) is 8.94. The van der Waals surface area contributed by atoms with Gasteiger partial charge in [-0.1, -0.05) is 84.9 Å². The predicted molar refractivity (Wildman–Crippen MR) is 135 cm³/mol. The number of allylic oxidation sites excluding steroid dienone is 1. The lowest BCUT2D eigenvalue weighted by Gasteiger charge is -2.27. The highest BCUT2D eigenvalue weighted by molar-refractivity contribution is 5.89. The summed E-state index contributed by atoms with van der Waals surface area (Å²) in [5, 5.41) is 12.4. The molecule has 3 heteroatoms. The second-order valence-corrected chi connectivity index (χ2v) is 8.94. The Labute approximate surface area is 196 Å². The largest absolute Gasteiger partial charge is 0.464 e. The van der Waals surface area contributed by atoms with Crippen molar-refractivity contribution in [3.8, 4) is 0 Å². The van der Waals surface area contributed by atoms with Gasteiger partial charge in [-0.25, -0.2) is 0 Å². The van der Waals surface area contributed by atoms with Crippen LogP contribution in [0.2, 0.25) is 0 Å². The Bertz CT molecular complexity index is 1200. The maximum atomic E-state index is 11.2. The van der Waals surface area contributed by atoms with Crippen LogP contribution in [0.15, 0.2) is 102 Å². The molecule has 4 aromatic rings. The number of rotatable bonds is 7. The van der Waals surface area contributed by atoms with Crippen LogP contribution >= 0.6 is 0 Å². The first-order valence-electron chi connectivity index (χ1n) is 12.0. The van der Waals surface area contributed by atoms with E-state index >= 15 is 0 Å². The normalized spacial score (nSPS) is 16.8. The predicted octanol–water partition coefficient (Wildman–Crippen LogP) is 6.82. The fraction of sp³-hybridized carbons (Fsp3) is 0.267. The van der Waals surface area contributed by atoms with Crippen LogP contribution in [-0.4, -0.2) is 29.6 Å². The molecular weight excluding hydrogens is 406 g/mol. The molecule has 5 rings (SSSR count). The van der Waals surface area contributed by atoms with Crippen molar-refractivity contribution in [2.45, 2.75) is 31.3 Å². The summed E-state index contributed by atoms with van der Waals surface area (Å²) in [6, 6.07) is 28.9. The van der Waals surface area contributed by atoms with Crippen LogP contribution in [0.1, 0.15) is 48.0 Å². The van der Waals surface area contributed by atoms with Crippen molar-refractivity contribution in [3.63, 3.8) is 0 Å². The SMILES string of the molecule is OC(c1ccccc1)C(CCN1CC=C(c2cccc3ccoc23)CCC1)c1ccccc1. The molecule has 0 saturated heterocycles. The molecule has 0 bridgehead atoms. The molecule has 2 atom stereocenters. The third-order valence-electron chi connectivity index (χ3n) is 6.85. The lowest BCUT2D eigenvalue weighted by atomic mass is 9.86. The maximum absolute atomic E-state index is 11.2. The Kier molecular flexibility index (Phi) is 6.71. The Hall–Kier alpha value is -3.14. The second kappa shape index (κ2) is 10.2. The lowest BCUT2D eigenvalue weighted by Crippen LogP contribution is -2.27. The van der Waals surface area contributed by atoms with E-state index in [1.165, 1.54) is 16.7 Å². The minimum atomic E-state index is -0.511. The van der Waals surface area contributed by atoms with Crippen molar-refractivity contribution in [2.24, 2.45) is 0 Å². The molecule has 0 amide bonds. The van der Waals surface area contributed by atoms with Crippen molar-refractivity contribution in [1.29, 1.82) is 0 Å². The van der Waals surface area contributed by atoms with E-state index < -0.39 is 6.10 Å².